The van der Waals surface area contributed by atoms with E-state index in [1.54, 1.807) is 0 Å². The summed E-state index contributed by atoms with van der Waals surface area (Å²) in [4.78, 5) is 21.0. The van der Waals surface area contributed by atoms with Crippen LogP contribution >= 0.6 is 24.0 Å². The third kappa shape index (κ3) is 7.07. The van der Waals surface area contributed by atoms with E-state index in [1.165, 1.54) is 12.0 Å². The van der Waals surface area contributed by atoms with Gasteiger partial charge in [0.25, 0.3) is 5.91 Å². The molecule has 7 nitrogen and oxygen atoms in total. The second kappa shape index (κ2) is 12.8. The van der Waals surface area contributed by atoms with E-state index >= 15 is 0 Å². The van der Waals surface area contributed by atoms with Crippen molar-refractivity contribution >= 4 is 41.5 Å². The Balaban J connectivity index is 0.00000306. The average molecular weight is 563 g/mol. The zero-order valence-corrected chi connectivity index (χ0v) is 21.5. The number of aliphatic imine (C=N–C) groups is 1. The quantitative estimate of drug-likeness (QED) is 0.235. The molecule has 1 atom stereocenters. The fraction of sp³-hybridized carbons (Fsp3) is 0.440. The number of anilines is 1. The lowest BCUT2D eigenvalue weighted by molar-refractivity contribution is -0.121. The summed E-state index contributed by atoms with van der Waals surface area (Å²) in [7, 11) is 1.81. The van der Waals surface area contributed by atoms with Gasteiger partial charge in [0.1, 0.15) is 5.75 Å². The summed E-state index contributed by atoms with van der Waals surface area (Å²) in [5.41, 5.74) is 2.21. The topological polar surface area (TPSA) is 69.2 Å². The van der Waals surface area contributed by atoms with Gasteiger partial charge >= 0.3 is 0 Å². The van der Waals surface area contributed by atoms with E-state index in [4.69, 9.17) is 4.74 Å². The van der Waals surface area contributed by atoms with Crippen molar-refractivity contribution in [2.45, 2.75) is 31.8 Å². The molecule has 33 heavy (non-hydrogen) atoms. The van der Waals surface area contributed by atoms with Gasteiger partial charge in [0.15, 0.2) is 12.6 Å². The van der Waals surface area contributed by atoms with E-state index in [0.29, 0.717) is 12.6 Å². The molecule has 0 saturated carbocycles. The maximum Gasteiger partial charge on any atom is 0.265 e. The number of halogens is 1. The molecule has 4 rings (SSSR count). The molecule has 0 aromatic heterocycles. The number of para-hydroxylation sites is 2. The van der Waals surface area contributed by atoms with Gasteiger partial charge in [0.2, 0.25) is 0 Å². The van der Waals surface area contributed by atoms with Gasteiger partial charge in [-0.2, -0.15) is 0 Å². The Hall–Kier alpha value is -2.33. The Labute approximate surface area is 213 Å². The summed E-state index contributed by atoms with van der Waals surface area (Å²) in [6.07, 6.45) is 3.15. The number of carbonyl (C=O) groups excluding carboxylic acids is 1. The van der Waals surface area contributed by atoms with E-state index in [2.05, 4.69) is 50.9 Å². The van der Waals surface area contributed by atoms with Crippen LogP contribution in [0.1, 0.15) is 24.8 Å². The van der Waals surface area contributed by atoms with E-state index < -0.39 is 0 Å². The van der Waals surface area contributed by atoms with E-state index in [-0.39, 0.29) is 36.5 Å². The van der Waals surface area contributed by atoms with Gasteiger partial charge in [0, 0.05) is 39.3 Å². The molecule has 0 radical (unpaired) electrons. The highest BCUT2D eigenvalue weighted by Gasteiger charge is 2.24. The predicted molar refractivity (Wildman–Crippen MR) is 144 cm³/mol. The number of fused-ring (bicyclic) bond motifs is 1. The zero-order chi connectivity index (χ0) is 22.2. The lowest BCUT2D eigenvalue weighted by Gasteiger charge is -2.34. The third-order valence-corrected chi connectivity index (χ3v) is 5.98. The highest BCUT2D eigenvalue weighted by Crippen LogP contribution is 2.31. The first-order valence-corrected chi connectivity index (χ1v) is 11.5. The summed E-state index contributed by atoms with van der Waals surface area (Å²) >= 11 is 0. The average Bonchev–Trinajstić information content (AvgIpc) is 2.83. The molecule has 2 N–H and O–H groups in total. The highest BCUT2D eigenvalue weighted by atomic mass is 127. The van der Waals surface area contributed by atoms with Crippen LogP contribution in [-0.2, 0) is 11.3 Å². The minimum absolute atomic E-state index is 0. The molecule has 0 bridgehead atoms. The number of ether oxygens (including phenoxy) is 1. The number of amides is 1. The van der Waals surface area contributed by atoms with Crippen molar-refractivity contribution in [2.75, 3.05) is 44.7 Å². The maximum atomic E-state index is 12.3. The van der Waals surface area contributed by atoms with Gasteiger partial charge in [-0.25, -0.2) is 0 Å². The molecular formula is C25H34IN5O2. The second-order valence-electron chi connectivity index (χ2n) is 8.36. The minimum Gasteiger partial charge on any atom is -0.482 e. The predicted octanol–water partition coefficient (Wildman–Crippen LogP) is 3.25. The van der Waals surface area contributed by atoms with Gasteiger partial charge in [-0.05, 0) is 43.5 Å². The molecular weight excluding hydrogens is 529 g/mol. The van der Waals surface area contributed by atoms with Crippen molar-refractivity contribution in [3.8, 4) is 5.75 Å². The number of hydrogen-bond donors (Lipinski definition) is 2. The number of benzene rings is 2. The summed E-state index contributed by atoms with van der Waals surface area (Å²) < 4.78 is 5.52. The third-order valence-electron chi connectivity index (χ3n) is 5.98. The number of piperidine rings is 1. The van der Waals surface area contributed by atoms with Crippen molar-refractivity contribution < 1.29 is 9.53 Å². The van der Waals surface area contributed by atoms with Crippen molar-refractivity contribution in [3.05, 3.63) is 60.2 Å². The van der Waals surface area contributed by atoms with Gasteiger partial charge in [-0.3, -0.25) is 14.7 Å². The number of nitrogens with zero attached hydrogens (tertiary/aromatic N) is 3. The highest BCUT2D eigenvalue weighted by molar-refractivity contribution is 14.0. The number of nitrogens with one attached hydrogen (secondary N) is 2. The normalized spacial score (nSPS) is 18.7. The van der Waals surface area contributed by atoms with Crippen LogP contribution in [0.3, 0.4) is 0 Å². The Bertz CT molecular complexity index is 924. The fourth-order valence-electron chi connectivity index (χ4n) is 4.39. The van der Waals surface area contributed by atoms with Gasteiger partial charge < -0.3 is 20.3 Å². The van der Waals surface area contributed by atoms with Crippen LogP contribution in [0.5, 0.6) is 5.75 Å². The summed E-state index contributed by atoms with van der Waals surface area (Å²) in [6, 6.07) is 18.7. The number of hydrogen-bond acceptors (Lipinski definition) is 4. The molecule has 1 unspecified atom stereocenters. The molecule has 0 aliphatic carbocycles. The van der Waals surface area contributed by atoms with Crippen LogP contribution in [-0.4, -0.2) is 62.6 Å². The summed E-state index contributed by atoms with van der Waals surface area (Å²) in [5, 5.41) is 6.99. The first-order valence-electron chi connectivity index (χ1n) is 11.5. The van der Waals surface area contributed by atoms with Crippen molar-refractivity contribution in [2.24, 2.45) is 4.99 Å². The van der Waals surface area contributed by atoms with E-state index in [1.807, 2.05) is 36.2 Å². The number of rotatable bonds is 7. The molecule has 178 valence electrons. The van der Waals surface area contributed by atoms with Crippen LogP contribution < -0.4 is 20.3 Å². The monoisotopic (exact) mass is 563 g/mol. The molecule has 2 aromatic rings. The Kier molecular flexibility index (Phi) is 9.80. The van der Waals surface area contributed by atoms with Crippen LogP contribution in [0.4, 0.5) is 5.69 Å². The van der Waals surface area contributed by atoms with Crippen LogP contribution in [0, 0.1) is 0 Å². The van der Waals surface area contributed by atoms with E-state index in [0.717, 1.165) is 56.4 Å². The van der Waals surface area contributed by atoms with Gasteiger partial charge in [-0.15, -0.1) is 24.0 Å². The lowest BCUT2D eigenvalue weighted by Crippen LogP contribution is -2.51. The van der Waals surface area contributed by atoms with Gasteiger partial charge in [0.05, 0.1) is 5.69 Å². The molecule has 1 saturated heterocycles. The lowest BCUT2D eigenvalue weighted by atomic mass is 10.0. The first-order chi connectivity index (χ1) is 15.7. The van der Waals surface area contributed by atoms with Gasteiger partial charge in [-0.1, -0.05) is 42.5 Å². The molecule has 2 aliphatic rings. The molecule has 1 fully saturated rings. The Morgan fingerprint density at radius 3 is 2.76 bits per heavy atom. The summed E-state index contributed by atoms with van der Waals surface area (Å²) in [6.45, 7) is 4.63. The number of likely N-dealkylation sites (tertiary alicyclic amines) is 1. The Morgan fingerprint density at radius 1 is 1.15 bits per heavy atom. The van der Waals surface area contributed by atoms with Crippen LogP contribution in [0.25, 0.3) is 0 Å². The summed E-state index contributed by atoms with van der Waals surface area (Å²) in [5.74, 6) is 1.60. The molecule has 1 amide bonds. The zero-order valence-electron chi connectivity index (χ0n) is 19.2. The SMILES string of the molecule is CN=C(NCCCN1C(=O)COc2ccccc21)NC1CCCN(Cc2ccccc2)C1.I. The number of carbonyl (C=O) groups is 1. The molecule has 2 aliphatic heterocycles. The van der Waals surface area contributed by atoms with Crippen molar-refractivity contribution in [3.63, 3.8) is 0 Å². The molecule has 2 heterocycles. The second-order valence-corrected chi connectivity index (χ2v) is 8.36. The smallest absolute Gasteiger partial charge is 0.265 e. The molecule has 8 heteroatoms. The maximum absolute atomic E-state index is 12.3. The van der Waals surface area contributed by atoms with Crippen molar-refractivity contribution in [1.82, 2.24) is 15.5 Å². The minimum atomic E-state index is 0. The Morgan fingerprint density at radius 2 is 1.94 bits per heavy atom. The van der Waals surface area contributed by atoms with Crippen LogP contribution in [0.15, 0.2) is 59.6 Å². The largest absolute Gasteiger partial charge is 0.482 e. The van der Waals surface area contributed by atoms with Crippen molar-refractivity contribution in [1.29, 1.82) is 0 Å². The van der Waals surface area contributed by atoms with Crippen LogP contribution in [0.2, 0.25) is 0 Å². The number of guanidine groups is 1. The standard InChI is InChI=1S/C25H33N5O2.HI/c1-26-25(28-21-11-7-15-29(18-21)17-20-9-3-2-4-10-20)27-14-8-16-30-22-12-5-6-13-23(22)32-19-24(30)31;/h2-6,9-10,12-13,21H,7-8,11,14-19H2,1H3,(H2,26,27,28);1H. The molecule has 0 spiro atoms. The fourth-order valence-corrected chi connectivity index (χ4v) is 4.39. The van der Waals surface area contributed by atoms with E-state index in [9.17, 15) is 4.79 Å². The molecule has 2 aromatic carbocycles. The first kappa shape index (κ1) is 25.3.